The number of amides is 2. The third-order valence-electron chi connectivity index (χ3n) is 5.94. The highest BCUT2D eigenvalue weighted by Gasteiger charge is 2.52. The summed E-state index contributed by atoms with van der Waals surface area (Å²) in [5.74, 6) is -0.709. The topological polar surface area (TPSA) is 37.4 Å². The highest BCUT2D eigenvalue weighted by atomic mass is 19.4. The zero-order chi connectivity index (χ0) is 18.2. The summed E-state index contributed by atoms with van der Waals surface area (Å²) in [5, 5.41) is 0. The smallest absolute Gasteiger partial charge is 0.271 e. The molecule has 6 heteroatoms. The van der Waals surface area contributed by atoms with Gasteiger partial charge in [0.2, 0.25) is 0 Å². The molecule has 26 heavy (non-hydrogen) atoms. The van der Waals surface area contributed by atoms with Gasteiger partial charge in [-0.25, -0.2) is 0 Å². The molecule has 2 aliphatic carbocycles. The Morgan fingerprint density at radius 2 is 1.54 bits per heavy atom. The number of carbonyl (C=O) groups excluding carboxylic acids is 2. The lowest BCUT2D eigenvalue weighted by atomic mass is 9.86. The third-order valence-corrected chi connectivity index (χ3v) is 5.94. The molecule has 0 spiro atoms. The van der Waals surface area contributed by atoms with Crippen LogP contribution in [0.3, 0.4) is 0 Å². The van der Waals surface area contributed by atoms with Crippen molar-refractivity contribution in [3.63, 3.8) is 0 Å². The van der Waals surface area contributed by atoms with E-state index in [1.165, 1.54) is 17.0 Å². The molecule has 3 aliphatic rings. The van der Waals surface area contributed by atoms with Gasteiger partial charge >= 0.3 is 6.18 Å². The fraction of sp³-hybridized carbons (Fsp3) is 0.300. The maximum atomic E-state index is 13.0. The van der Waals surface area contributed by atoms with Crippen LogP contribution in [0.1, 0.15) is 62.1 Å². The van der Waals surface area contributed by atoms with Crippen LogP contribution in [0.2, 0.25) is 0 Å². The van der Waals surface area contributed by atoms with Gasteiger partial charge in [-0.05, 0) is 54.2 Å². The first-order chi connectivity index (χ1) is 12.4. The van der Waals surface area contributed by atoms with E-state index in [-0.39, 0.29) is 29.7 Å². The van der Waals surface area contributed by atoms with E-state index >= 15 is 0 Å². The molecule has 132 valence electrons. The van der Waals surface area contributed by atoms with E-state index in [0.29, 0.717) is 24.0 Å². The van der Waals surface area contributed by atoms with E-state index in [1.807, 2.05) is 0 Å². The number of hydrogen-bond acceptors (Lipinski definition) is 2. The standard InChI is InChI=1S/C20H14F3NO2/c21-20(22,23)11-5-6-12-15(9-11)10-7-16(12)17(8-10)24-18(25)13-3-1-2-4-14(13)19(24)26/h1-6,9-10,16-17H,7-8H2/t10-,16-,17+/m0/s1. The maximum Gasteiger partial charge on any atom is 0.416 e. The summed E-state index contributed by atoms with van der Waals surface area (Å²) >= 11 is 0. The van der Waals surface area contributed by atoms with Crippen LogP contribution in [0.4, 0.5) is 13.2 Å². The van der Waals surface area contributed by atoms with Crippen LogP contribution in [0.25, 0.3) is 0 Å². The predicted molar refractivity (Wildman–Crippen MR) is 86.9 cm³/mol. The average Bonchev–Trinajstić information content (AvgIpc) is 3.26. The molecule has 3 nitrogen and oxygen atoms in total. The van der Waals surface area contributed by atoms with Crippen LogP contribution in [0, 0.1) is 0 Å². The predicted octanol–water partition coefficient (Wildman–Crippen LogP) is 4.34. The number of fused-ring (bicyclic) bond motifs is 6. The van der Waals surface area contributed by atoms with Gasteiger partial charge in [-0.1, -0.05) is 18.2 Å². The molecular weight excluding hydrogens is 343 g/mol. The first-order valence-electron chi connectivity index (χ1n) is 8.54. The van der Waals surface area contributed by atoms with Gasteiger partial charge in [0.15, 0.2) is 0 Å². The van der Waals surface area contributed by atoms with Crippen LogP contribution < -0.4 is 0 Å². The lowest BCUT2D eigenvalue weighted by molar-refractivity contribution is -0.137. The summed E-state index contributed by atoms with van der Waals surface area (Å²) in [6, 6.07) is 10.3. The fourth-order valence-electron chi connectivity index (χ4n) is 4.84. The van der Waals surface area contributed by atoms with E-state index in [4.69, 9.17) is 0 Å². The molecule has 1 heterocycles. The van der Waals surface area contributed by atoms with Crippen LogP contribution in [-0.2, 0) is 6.18 Å². The van der Waals surface area contributed by atoms with E-state index < -0.39 is 11.7 Å². The van der Waals surface area contributed by atoms with Gasteiger partial charge in [-0.3, -0.25) is 14.5 Å². The van der Waals surface area contributed by atoms with Crippen molar-refractivity contribution in [1.82, 2.24) is 4.90 Å². The van der Waals surface area contributed by atoms with Gasteiger partial charge in [0.05, 0.1) is 16.7 Å². The minimum Gasteiger partial charge on any atom is -0.271 e. The molecule has 2 bridgehead atoms. The molecule has 0 unspecified atom stereocenters. The van der Waals surface area contributed by atoms with Crippen molar-refractivity contribution < 1.29 is 22.8 Å². The number of carbonyl (C=O) groups is 2. The van der Waals surface area contributed by atoms with E-state index in [2.05, 4.69) is 0 Å². The van der Waals surface area contributed by atoms with Gasteiger partial charge < -0.3 is 0 Å². The summed E-state index contributed by atoms with van der Waals surface area (Å²) < 4.78 is 38.9. The Hall–Kier alpha value is -2.63. The average molecular weight is 357 g/mol. The first-order valence-corrected chi connectivity index (χ1v) is 8.54. The summed E-state index contributed by atoms with van der Waals surface area (Å²) in [6.07, 6.45) is -3.14. The van der Waals surface area contributed by atoms with Gasteiger partial charge in [0, 0.05) is 12.0 Å². The molecule has 0 radical (unpaired) electrons. The quantitative estimate of drug-likeness (QED) is 0.712. The molecule has 3 atom stereocenters. The van der Waals surface area contributed by atoms with Gasteiger partial charge in [-0.2, -0.15) is 13.2 Å². The number of nitrogens with zero attached hydrogens (tertiary/aromatic N) is 1. The first kappa shape index (κ1) is 15.6. The van der Waals surface area contributed by atoms with E-state index in [0.717, 1.165) is 17.2 Å². The number of rotatable bonds is 1. The zero-order valence-corrected chi connectivity index (χ0v) is 13.6. The Morgan fingerprint density at radius 1 is 0.885 bits per heavy atom. The molecule has 2 aromatic rings. The molecule has 2 amide bonds. The van der Waals surface area contributed by atoms with Crippen LogP contribution in [-0.4, -0.2) is 22.8 Å². The SMILES string of the molecule is O=C1c2ccccc2C(=O)N1[C@@H]1C[C@@H]2C[C@H]1c1ccc(C(F)(F)F)cc12. The Labute approximate surface area is 147 Å². The molecule has 0 saturated heterocycles. The van der Waals surface area contributed by atoms with Crippen LogP contribution in [0.15, 0.2) is 42.5 Å². The largest absolute Gasteiger partial charge is 0.416 e. The number of alkyl halides is 3. The molecular formula is C20H14F3NO2. The fourth-order valence-corrected chi connectivity index (χ4v) is 4.84. The Kier molecular flexibility index (Phi) is 2.98. The van der Waals surface area contributed by atoms with Crippen molar-refractivity contribution in [2.24, 2.45) is 0 Å². The van der Waals surface area contributed by atoms with Crippen molar-refractivity contribution >= 4 is 11.8 Å². The summed E-state index contributed by atoms with van der Waals surface area (Å²) in [6.45, 7) is 0. The van der Waals surface area contributed by atoms with Crippen LogP contribution >= 0.6 is 0 Å². The van der Waals surface area contributed by atoms with Crippen molar-refractivity contribution in [1.29, 1.82) is 0 Å². The number of halogens is 3. The zero-order valence-electron chi connectivity index (χ0n) is 13.6. The van der Waals surface area contributed by atoms with Gasteiger partial charge in [0.1, 0.15) is 0 Å². The highest BCUT2D eigenvalue weighted by Crippen LogP contribution is 2.56. The van der Waals surface area contributed by atoms with Gasteiger partial charge in [0.25, 0.3) is 11.8 Å². The third kappa shape index (κ3) is 1.95. The molecule has 0 N–H and O–H groups in total. The number of hydrogen-bond donors (Lipinski definition) is 0. The van der Waals surface area contributed by atoms with E-state index in [1.54, 1.807) is 24.3 Å². The number of imide groups is 1. The van der Waals surface area contributed by atoms with Crippen molar-refractivity contribution in [2.75, 3.05) is 0 Å². The molecule has 2 aromatic carbocycles. The lowest BCUT2D eigenvalue weighted by Gasteiger charge is -2.31. The summed E-state index contributed by atoms with van der Waals surface area (Å²) in [7, 11) is 0. The van der Waals surface area contributed by atoms with Crippen LogP contribution in [0.5, 0.6) is 0 Å². The second-order valence-electron chi connectivity index (χ2n) is 7.21. The van der Waals surface area contributed by atoms with E-state index in [9.17, 15) is 22.8 Å². The normalized spacial score (nSPS) is 26.4. The minimum atomic E-state index is -4.36. The Morgan fingerprint density at radius 3 is 2.15 bits per heavy atom. The molecule has 1 fully saturated rings. The van der Waals surface area contributed by atoms with Crippen molar-refractivity contribution in [3.8, 4) is 0 Å². The second-order valence-corrected chi connectivity index (χ2v) is 7.21. The van der Waals surface area contributed by atoms with Crippen molar-refractivity contribution in [3.05, 3.63) is 70.3 Å². The lowest BCUT2D eigenvalue weighted by Crippen LogP contribution is -2.42. The minimum absolute atomic E-state index is 0.0355. The molecule has 0 aromatic heterocycles. The molecule has 1 saturated carbocycles. The molecule has 5 rings (SSSR count). The second kappa shape index (κ2) is 4.96. The van der Waals surface area contributed by atoms with Crippen molar-refractivity contribution in [2.45, 2.75) is 36.9 Å². The monoisotopic (exact) mass is 357 g/mol. The van der Waals surface area contributed by atoms with Gasteiger partial charge in [-0.15, -0.1) is 0 Å². The molecule has 1 aliphatic heterocycles. The Bertz CT molecular complexity index is 931. The maximum absolute atomic E-state index is 13.0. The summed E-state index contributed by atoms with van der Waals surface area (Å²) in [5.41, 5.74) is 1.75. The number of benzene rings is 2. The summed E-state index contributed by atoms with van der Waals surface area (Å²) in [4.78, 5) is 26.8. The highest BCUT2D eigenvalue weighted by molar-refractivity contribution is 6.21. The Balaban J connectivity index is 1.51.